The zero-order valence-corrected chi connectivity index (χ0v) is 12.4. The Morgan fingerprint density at radius 2 is 2.00 bits per heavy atom. The fourth-order valence-electron chi connectivity index (χ4n) is 2.35. The molecule has 1 aliphatic rings. The Labute approximate surface area is 129 Å². The van der Waals surface area contributed by atoms with Crippen LogP contribution in [0.15, 0.2) is 30.3 Å². The van der Waals surface area contributed by atoms with Crippen LogP contribution < -0.4 is 0 Å². The van der Waals surface area contributed by atoms with E-state index in [1.807, 2.05) is 30.3 Å². The first-order valence-electron chi connectivity index (χ1n) is 7.02. The van der Waals surface area contributed by atoms with Crippen LogP contribution in [0.2, 0.25) is 0 Å². The van der Waals surface area contributed by atoms with Gasteiger partial charge in [-0.2, -0.15) is 5.26 Å². The molecule has 0 N–H and O–H groups in total. The molecule has 1 aromatic carbocycles. The molecule has 0 aliphatic carbocycles. The average molecular weight is 302 g/mol. The van der Waals surface area contributed by atoms with Gasteiger partial charge in [0, 0.05) is 19.5 Å². The molecule has 0 radical (unpaired) electrons. The summed E-state index contributed by atoms with van der Waals surface area (Å²) in [6.07, 6.45) is 0.128. The monoisotopic (exact) mass is 302 g/mol. The molecule has 1 heterocycles. The number of amides is 1. The van der Waals surface area contributed by atoms with Crippen molar-refractivity contribution in [3.63, 3.8) is 0 Å². The minimum Gasteiger partial charge on any atom is -0.469 e. The largest absolute Gasteiger partial charge is 0.469 e. The van der Waals surface area contributed by atoms with Gasteiger partial charge in [-0.3, -0.25) is 4.79 Å². The third-order valence-electron chi connectivity index (χ3n) is 3.72. The van der Waals surface area contributed by atoms with Crippen LogP contribution in [0.4, 0.5) is 4.79 Å². The second kappa shape index (κ2) is 6.94. The van der Waals surface area contributed by atoms with E-state index in [2.05, 4.69) is 10.8 Å². The number of methoxy groups -OCH3 is 1. The van der Waals surface area contributed by atoms with Gasteiger partial charge >= 0.3 is 12.1 Å². The number of esters is 1. The molecule has 6 heteroatoms. The fraction of sp³-hybridized carbons (Fsp3) is 0.438. The first-order chi connectivity index (χ1) is 10.6. The molecule has 1 aliphatic heterocycles. The second-order valence-electron chi connectivity index (χ2n) is 5.36. The lowest BCUT2D eigenvalue weighted by Gasteiger charge is -2.44. The second-order valence-corrected chi connectivity index (χ2v) is 5.36. The van der Waals surface area contributed by atoms with Gasteiger partial charge in [-0.05, 0) is 12.0 Å². The first-order valence-corrected chi connectivity index (χ1v) is 7.02. The molecule has 1 fully saturated rings. The number of hydrogen-bond donors (Lipinski definition) is 0. The summed E-state index contributed by atoms with van der Waals surface area (Å²) in [5.41, 5.74) is 0.244. The van der Waals surface area contributed by atoms with Crippen LogP contribution in [-0.4, -0.2) is 37.2 Å². The molecule has 116 valence electrons. The Morgan fingerprint density at radius 1 is 1.32 bits per heavy atom. The van der Waals surface area contributed by atoms with Gasteiger partial charge in [0.05, 0.1) is 18.6 Å². The number of benzene rings is 1. The quantitative estimate of drug-likeness (QED) is 0.778. The van der Waals surface area contributed by atoms with Crippen molar-refractivity contribution in [3.8, 4) is 6.07 Å². The Balaban J connectivity index is 1.78. The molecular formula is C16H18N2O4. The van der Waals surface area contributed by atoms with Crippen molar-refractivity contribution < 1.29 is 19.1 Å². The van der Waals surface area contributed by atoms with Crippen LogP contribution >= 0.6 is 0 Å². The molecule has 1 saturated heterocycles. The highest BCUT2D eigenvalue weighted by atomic mass is 16.6. The van der Waals surface area contributed by atoms with E-state index in [4.69, 9.17) is 4.74 Å². The van der Waals surface area contributed by atoms with Crippen LogP contribution in [0.1, 0.15) is 18.4 Å². The number of rotatable bonds is 5. The smallest absolute Gasteiger partial charge is 0.410 e. The van der Waals surface area contributed by atoms with Crippen LogP contribution in [0.3, 0.4) is 0 Å². The van der Waals surface area contributed by atoms with Gasteiger partial charge in [0.1, 0.15) is 6.61 Å². The summed E-state index contributed by atoms with van der Waals surface area (Å²) in [5.74, 6) is -0.347. The highest BCUT2D eigenvalue weighted by molar-refractivity contribution is 5.70. The van der Waals surface area contributed by atoms with E-state index in [0.717, 1.165) is 5.56 Å². The van der Waals surface area contributed by atoms with Gasteiger partial charge < -0.3 is 14.4 Å². The van der Waals surface area contributed by atoms with Gasteiger partial charge in [-0.1, -0.05) is 30.3 Å². The molecule has 0 aromatic heterocycles. The van der Waals surface area contributed by atoms with Crippen molar-refractivity contribution in [1.29, 1.82) is 5.26 Å². The van der Waals surface area contributed by atoms with Gasteiger partial charge in [0.15, 0.2) is 0 Å². The maximum Gasteiger partial charge on any atom is 0.410 e. The number of carbonyl (C=O) groups is 2. The van der Waals surface area contributed by atoms with E-state index in [-0.39, 0.29) is 32.1 Å². The first kappa shape index (κ1) is 15.8. The van der Waals surface area contributed by atoms with Crippen molar-refractivity contribution in [2.45, 2.75) is 19.4 Å². The number of hydrogen-bond acceptors (Lipinski definition) is 5. The van der Waals surface area contributed by atoms with Crippen LogP contribution in [0.5, 0.6) is 0 Å². The van der Waals surface area contributed by atoms with E-state index >= 15 is 0 Å². The van der Waals surface area contributed by atoms with E-state index in [9.17, 15) is 14.9 Å². The number of likely N-dealkylation sites (tertiary alicyclic amines) is 1. The van der Waals surface area contributed by atoms with E-state index < -0.39 is 11.5 Å². The molecule has 1 amide bonds. The lowest BCUT2D eigenvalue weighted by atomic mass is 9.77. The van der Waals surface area contributed by atoms with E-state index in [1.165, 1.54) is 12.0 Å². The normalized spacial score (nSPS) is 15.4. The predicted octanol–water partition coefficient (Wildman–Crippen LogP) is 2.10. The lowest BCUT2D eigenvalue weighted by Crippen LogP contribution is -2.58. The van der Waals surface area contributed by atoms with E-state index in [0.29, 0.717) is 6.42 Å². The van der Waals surface area contributed by atoms with Gasteiger partial charge in [0.25, 0.3) is 0 Å². The summed E-state index contributed by atoms with van der Waals surface area (Å²) in [5, 5.41) is 9.25. The minimum atomic E-state index is -0.667. The molecule has 0 unspecified atom stereocenters. The lowest BCUT2D eigenvalue weighted by molar-refractivity contribution is -0.141. The van der Waals surface area contributed by atoms with Crippen LogP contribution in [0.25, 0.3) is 0 Å². The number of nitrogens with zero attached hydrogens (tertiary/aromatic N) is 2. The minimum absolute atomic E-state index is 0.178. The summed E-state index contributed by atoms with van der Waals surface area (Å²) in [4.78, 5) is 24.5. The maximum absolute atomic E-state index is 11.9. The predicted molar refractivity (Wildman–Crippen MR) is 77.5 cm³/mol. The van der Waals surface area contributed by atoms with Gasteiger partial charge in [-0.15, -0.1) is 0 Å². The zero-order chi connectivity index (χ0) is 16.0. The zero-order valence-electron chi connectivity index (χ0n) is 12.4. The van der Waals surface area contributed by atoms with Gasteiger partial charge in [-0.25, -0.2) is 4.79 Å². The van der Waals surface area contributed by atoms with Gasteiger partial charge in [0.2, 0.25) is 0 Å². The molecule has 22 heavy (non-hydrogen) atoms. The molecule has 0 bridgehead atoms. The molecule has 0 spiro atoms. The maximum atomic E-state index is 11.9. The molecular weight excluding hydrogens is 284 g/mol. The Bertz CT molecular complexity index is 574. The number of ether oxygens (including phenoxy) is 2. The summed E-state index contributed by atoms with van der Waals surface area (Å²) in [6.45, 7) is 0.778. The summed E-state index contributed by atoms with van der Waals surface area (Å²) in [6, 6.07) is 11.6. The summed E-state index contributed by atoms with van der Waals surface area (Å²) < 4.78 is 9.77. The third kappa shape index (κ3) is 3.76. The Morgan fingerprint density at radius 3 is 2.59 bits per heavy atom. The number of carbonyl (C=O) groups excluding carboxylic acids is 2. The topological polar surface area (TPSA) is 79.6 Å². The van der Waals surface area contributed by atoms with Crippen molar-refractivity contribution in [2.75, 3.05) is 20.2 Å². The van der Waals surface area contributed by atoms with Crippen molar-refractivity contribution >= 4 is 12.1 Å². The van der Waals surface area contributed by atoms with Crippen molar-refractivity contribution in [3.05, 3.63) is 35.9 Å². The standard InChI is InChI=1S/C16H18N2O4/c1-21-14(19)7-8-16(10-17)11-18(12-16)15(20)22-9-13-5-3-2-4-6-13/h2-6H,7-9,11-12H2,1H3. The third-order valence-corrected chi connectivity index (χ3v) is 3.72. The van der Waals surface area contributed by atoms with Crippen molar-refractivity contribution in [2.24, 2.45) is 5.41 Å². The highest BCUT2D eigenvalue weighted by Gasteiger charge is 2.46. The highest BCUT2D eigenvalue weighted by Crippen LogP contribution is 2.35. The summed E-state index contributed by atoms with van der Waals surface area (Å²) >= 11 is 0. The molecule has 2 rings (SSSR count). The summed E-state index contributed by atoms with van der Waals surface area (Å²) in [7, 11) is 1.31. The SMILES string of the molecule is COC(=O)CCC1(C#N)CN(C(=O)OCc2ccccc2)C1. The van der Waals surface area contributed by atoms with Crippen molar-refractivity contribution in [1.82, 2.24) is 4.90 Å². The Hall–Kier alpha value is -2.55. The molecule has 0 saturated carbocycles. The molecule has 0 atom stereocenters. The fourth-order valence-corrected chi connectivity index (χ4v) is 2.35. The van der Waals surface area contributed by atoms with Crippen LogP contribution in [-0.2, 0) is 20.9 Å². The number of nitriles is 1. The molecule has 1 aromatic rings. The molecule has 6 nitrogen and oxygen atoms in total. The van der Waals surface area contributed by atoms with E-state index in [1.54, 1.807) is 0 Å². The average Bonchev–Trinajstić information content (AvgIpc) is 2.52. The Kier molecular flexibility index (Phi) is 4.99. The van der Waals surface area contributed by atoms with Crippen LogP contribution in [0, 0.1) is 16.7 Å².